The molecule has 0 saturated carbocycles. The van der Waals surface area contributed by atoms with Crippen molar-refractivity contribution in [1.82, 2.24) is 0 Å². The van der Waals surface area contributed by atoms with Gasteiger partial charge in [0.25, 0.3) is 0 Å². The third-order valence-corrected chi connectivity index (χ3v) is 0.947. The Morgan fingerprint density at radius 1 is 1.50 bits per heavy atom. The molecule has 0 atom stereocenters. The number of allylic oxidation sites excluding steroid dienone is 1. The monoisotopic (exact) mass is 114 g/mol. The van der Waals surface area contributed by atoms with Gasteiger partial charge in [-0.1, -0.05) is 0 Å². The Kier molecular flexibility index (Phi) is 2.06. The van der Waals surface area contributed by atoms with Crippen molar-refractivity contribution < 1.29 is 5.11 Å². The minimum Gasteiger partial charge on any atom is -0.512 e. The molecule has 0 spiro atoms. The van der Waals surface area contributed by atoms with Gasteiger partial charge in [0.2, 0.25) is 0 Å². The van der Waals surface area contributed by atoms with E-state index in [4.69, 9.17) is 16.2 Å². The van der Waals surface area contributed by atoms with Crippen molar-refractivity contribution >= 4 is 5.84 Å². The van der Waals surface area contributed by atoms with Crippen LogP contribution in [0.5, 0.6) is 0 Å². The first-order valence-corrected chi connectivity index (χ1v) is 2.26. The van der Waals surface area contributed by atoms with Crippen LogP contribution >= 0.6 is 0 Å². The molecule has 46 valence electrons. The van der Waals surface area contributed by atoms with Gasteiger partial charge in [0.1, 0.15) is 5.84 Å². The summed E-state index contributed by atoms with van der Waals surface area (Å²) in [5.74, 6) is 0.0301. The van der Waals surface area contributed by atoms with Gasteiger partial charge in [0.05, 0.1) is 5.76 Å². The summed E-state index contributed by atoms with van der Waals surface area (Å²) < 4.78 is 0. The van der Waals surface area contributed by atoms with Gasteiger partial charge in [-0.3, -0.25) is 5.41 Å². The van der Waals surface area contributed by atoms with Crippen molar-refractivity contribution in [2.45, 2.75) is 13.8 Å². The summed E-state index contributed by atoms with van der Waals surface area (Å²) in [6, 6.07) is 0. The zero-order valence-electron chi connectivity index (χ0n) is 5.02. The highest BCUT2D eigenvalue weighted by Gasteiger charge is 1.94. The van der Waals surface area contributed by atoms with Gasteiger partial charge in [-0.25, -0.2) is 0 Å². The predicted molar refractivity (Wildman–Crippen MR) is 32.9 cm³/mol. The molecular formula is C5H10N2O. The highest BCUT2D eigenvalue weighted by atomic mass is 16.3. The molecule has 0 aliphatic rings. The van der Waals surface area contributed by atoms with Crippen LogP contribution in [0.1, 0.15) is 13.8 Å². The molecule has 0 aromatic carbocycles. The number of amidine groups is 1. The van der Waals surface area contributed by atoms with Crippen molar-refractivity contribution in [1.29, 1.82) is 5.41 Å². The zero-order valence-corrected chi connectivity index (χ0v) is 5.02. The highest BCUT2D eigenvalue weighted by molar-refractivity contribution is 5.94. The first kappa shape index (κ1) is 7.01. The molecular weight excluding hydrogens is 104 g/mol. The van der Waals surface area contributed by atoms with E-state index in [0.717, 1.165) is 0 Å². The fourth-order valence-corrected chi connectivity index (χ4v) is 0.195. The molecule has 0 amide bonds. The number of nitrogens with one attached hydrogen (secondary N) is 1. The van der Waals surface area contributed by atoms with E-state index in [-0.39, 0.29) is 11.6 Å². The molecule has 8 heavy (non-hydrogen) atoms. The van der Waals surface area contributed by atoms with Gasteiger partial charge in [-0.15, -0.1) is 0 Å². The molecule has 3 nitrogen and oxygen atoms in total. The average molecular weight is 114 g/mol. The Bertz CT molecular complexity index is 133. The van der Waals surface area contributed by atoms with Gasteiger partial charge in [-0.05, 0) is 13.8 Å². The van der Waals surface area contributed by atoms with Crippen LogP contribution in [0.25, 0.3) is 0 Å². The molecule has 0 radical (unpaired) electrons. The van der Waals surface area contributed by atoms with E-state index in [1.54, 1.807) is 6.92 Å². The van der Waals surface area contributed by atoms with Crippen molar-refractivity contribution in [2.24, 2.45) is 5.73 Å². The topological polar surface area (TPSA) is 70.1 Å². The molecule has 0 fully saturated rings. The lowest BCUT2D eigenvalue weighted by Gasteiger charge is -1.96. The molecule has 0 heterocycles. The minimum atomic E-state index is -0.0787. The minimum absolute atomic E-state index is 0.0787. The van der Waals surface area contributed by atoms with Gasteiger partial charge in [0.15, 0.2) is 0 Å². The summed E-state index contributed by atoms with van der Waals surface area (Å²) in [5, 5.41) is 15.4. The maximum Gasteiger partial charge on any atom is 0.121 e. The maximum absolute atomic E-state index is 8.65. The van der Waals surface area contributed by atoms with E-state index < -0.39 is 0 Å². The Labute approximate surface area is 48.3 Å². The Morgan fingerprint density at radius 2 is 1.88 bits per heavy atom. The van der Waals surface area contributed by atoms with Crippen LogP contribution in [0.15, 0.2) is 11.3 Å². The number of hydrogen-bond acceptors (Lipinski definition) is 2. The van der Waals surface area contributed by atoms with Crippen LogP contribution in [-0.4, -0.2) is 10.9 Å². The summed E-state index contributed by atoms with van der Waals surface area (Å²) in [5.41, 5.74) is 5.44. The number of aliphatic hydroxyl groups is 1. The molecule has 3 heteroatoms. The van der Waals surface area contributed by atoms with E-state index in [0.29, 0.717) is 5.57 Å². The summed E-state index contributed by atoms with van der Waals surface area (Å²) in [7, 11) is 0. The van der Waals surface area contributed by atoms with Crippen LogP contribution in [0.2, 0.25) is 0 Å². The van der Waals surface area contributed by atoms with Crippen molar-refractivity contribution in [2.75, 3.05) is 0 Å². The molecule has 0 aromatic heterocycles. The van der Waals surface area contributed by atoms with Crippen molar-refractivity contribution in [3.05, 3.63) is 11.3 Å². The molecule has 0 aliphatic carbocycles. The zero-order chi connectivity index (χ0) is 6.73. The van der Waals surface area contributed by atoms with Crippen LogP contribution in [0.3, 0.4) is 0 Å². The molecule has 0 saturated heterocycles. The van der Waals surface area contributed by atoms with E-state index in [1.165, 1.54) is 6.92 Å². The average Bonchev–Trinajstić information content (AvgIpc) is 1.64. The SMILES string of the molecule is CC(O)=C(C)C(=N)N. The van der Waals surface area contributed by atoms with E-state index in [9.17, 15) is 0 Å². The second kappa shape index (κ2) is 2.35. The van der Waals surface area contributed by atoms with Gasteiger partial charge in [-0.2, -0.15) is 0 Å². The Hall–Kier alpha value is -0.990. The summed E-state index contributed by atoms with van der Waals surface area (Å²) >= 11 is 0. The number of aliphatic hydroxyl groups excluding tert-OH is 1. The van der Waals surface area contributed by atoms with E-state index in [2.05, 4.69) is 0 Å². The fourth-order valence-electron chi connectivity index (χ4n) is 0.195. The molecule has 0 aromatic rings. The standard InChI is InChI=1S/C5H10N2O/c1-3(4(2)8)5(6)7/h8H,1-2H3,(H3,6,7). The first-order chi connectivity index (χ1) is 3.55. The lowest BCUT2D eigenvalue weighted by molar-refractivity contribution is 0.410. The van der Waals surface area contributed by atoms with E-state index >= 15 is 0 Å². The number of rotatable bonds is 1. The van der Waals surface area contributed by atoms with Crippen molar-refractivity contribution in [3.8, 4) is 0 Å². The smallest absolute Gasteiger partial charge is 0.121 e. The largest absolute Gasteiger partial charge is 0.512 e. The van der Waals surface area contributed by atoms with Gasteiger partial charge < -0.3 is 10.8 Å². The van der Waals surface area contributed by atoms with Crippen LogP contribution in [0.4, 0.5) is 0 Å². The summed E-state index contributed by atoms with van der Waals surface area (Å²) in [4.78, 5) is 0. The summed E-state index contributed by atoms with van der Waals surface area (Å²) in [6.45, 7) is 3.09. The van der Waals surface area contributed by atoms with Gasteiger partial charge >= 0.3 is 0 Å². The second-order valence-corrected chi connectivity index (χ2v) is 1.62. The van der Waals surface area contributed by atoms with E-state index in [1.807, 2.05) is 0 Å². The fraction of sp³-hybridized carbons (Fsp3) is 0.400. The number of hydrogen-bond donors (Lipinski definition) is 3. The lowest BCUT2D eigenvalue weighted by Crippen LogP contribution is -2.11. The normalized spacial score (nSPS) is 12.8. The van der Waals surface area contributed by atoms with Crippen LogP contribution in [-0.2, 0) is 0 Å². The molecule has 4 N–H and O–H groups in total. The van der Waals surface area contributed by atoms with Crippen LogP contribution < -0.4 is 5.73 Å². The molecule has 0 unspecified atom stereocenters. The number of nitrogens with two attached hydrogens (primary N) is 1. The van der Waals surface area contributed by atoms with Crippen LogP contribution in [0, 0.1) is 5.41 Å². The lowest BCUT2D eigenvalue weighted by atomic mass is 10.2. The third-order valence-electron chi connectivity index (χ3n) is 0.947. The Balaban J connectivity index is 4.23. The second-order valence-electron chi connectivity index (χ2n) is 1.62. The molecule has 0 rings (SSSR count). The predicted octanol–water partition coefficient (Wildman–Crippen LogP) is 0.774. The van der Waals surface area contributed by atoms with Crippen molar-refractivity contribution in [3.63, 3.8) is 0 Å². The third kappa shape index (κ3) is 1.64. The maximum atomic E-state index is 8.65. The first-order valence-electron chi connectivity index (χ1n) is 2.26. The molecule has 0 bridgehead atoms. The Morgan fingerprint density at radius 3 is 1.88 bits per heavy atom. The summed E-state index contributed by atoms with van der Waals surface area (Å²) in [6.07, 6.45) is 0. The highest BCUT2D eigenvalue weighted by Crippen LogP contribution is 1.95. The quantitative estimate of drug-likeness (QED) is 0.268. The van der Waals surface area contributed by atoms with Gasteiger partial charge in [0, 0.05) is 5.57 Å². The molecule has 0 aliphatic heterocycles.